The first-order valence-electron chi connectivity index (χ1n) is 9.18. The highest BCUT2D eigenvalue weighted by Crippen LogP contribution is 2.42. The second-order valence-electron chi connectivity index (χ2n) is 7.60. The van der Waals surface area contributed by atoms with Crippen LogP contribution in [0.2, 0.25) is 0 Å². The average molecular weight is 351 g/mol. The Morgan fingerprint density at radius 1 is 1.04 bits per heavy atom. The van der Waals surface area contributed by atoms with Crippen LogP contribution in [0.4, 0.5) is 14.5 Å². The molecule has 2 aromatic rings. The van der Waals surface area contributed by atoms with E-state index in [1.807, 2.05) is 0 Å². The molecule has 134 valence electrons. The van der Waals surface area contributed by atoms with Gasteiger partial charge in [-0.05, 0) is 73.2 Å². The van der Waals surface area contributed by atoms with Gasteiger partial charge in [0.25, 0.3) is 0 Å². The highest BCUT2D eigenvalue weighted by Gasteiger charge is 2.32. The van der Waals surface area contributed by atoms with Crippen LogP contribution in [0.3, 0.4) is 0 Å². The number of benzene rings is 2. The van der Waals surface area contributed by atoms with Crippen molar-refractivity contribution in [2.45, 2.75) is 38.5 Å². The first-order chi connectivity index (χ1) is 12.5. The van der Waals surface area contributed by atoms with Crippen molar-refractivity contribution in [3.8, 4) is 0 Å². The molecule has 1 unspecified atom stereocenters. The summed E-state index contributed by atoms with van der Waals surface area (Å²) in [7, 11) is 0. The molecule has 2 aromatic carbocycles. The van der Waals surface area contributed by atoms with Gasteiger partial charge in [-0.1, -0.05) is 31.2 Å². The maximum Gasteiger partial charge on any atom is 0.159 e. The number of halogens is 2. The fourth-order valence-corrected chi connectivity index (χ4v) is 4.04. The Hall–Kier alpha value is -2.42. The van der Waals surface area contributed by atoms with E-state index >= 15 is 0 Å². The highest BCUT2D eigenvalue weighted by atomic mass is 19.2. The van der Waals surface area contributed by atoms with Crippen molar-refractivity contribution in [1.82, 2.24) is 0 Å². The van der Waals surface area contributed by atoms with Gasteiger partial charge in [-0.25, -0.2) is 8.78 Å². The van der Waals surface area contributed by atoms with E-state index in [0.717, 1.165) is 31.4 Å². The summed E-state index contributed by atoms with van der Waals surface area (Å²) in [5.74, 6) is -1.58. The van der Waals surface area contributed by atoms with Crippen molar-refractivity contribution in [2.24, 2.45) is 0 Å². The third-order valence-electron chi connectivity index (χ3n) is 5.57. The van der Waals surface area contributed by atoms with Crippen LogP contribution in [0.25, 0.3) is 0 Å². The van der Waals surface area contributed by atoms with Gasteiger partial charge in [-0.2, -0.15) is 0 Å². The molecule has 0 N–H and O–H groups in total. The lowest BCUT2D eigenvalue weighted by Crippen LogP contribution is -2.34. The van der Waals surface area contributed by atoms with E-state index in [2.05, 4.69) is 55.2 Å². The summed E-state index contributed by atoms with van der Waals surface area (Å²) in [6.07, 6.45) is 7.52. The van der Waals surface area contributed by atoms with Crippen LogP contribution in [-0.4, -0.2) is 6.54 Å². The fourth-order valence-electron chi connectivity index (χ4n) is 4.04. The summed E-state index contributed by atoms with van der Waals surface area (Å²) in [6.45, 7) is 5.17. The molecule has 2 aliphatic rings. The second kappa shape index (κ2) is 6.39. The normalized spacial score (nSPS) is 22.5. The zero-order valence-corrected chi connectivity index (χ0v) is 15.2. The number of fused-ring (bicyclic) bond motifs is 1. The fraction of sp³-hybridized carbons (Fsp3) is 0.304. The minimum Gasteiger partial charge on any atom is -0.341 e. The number of allylic oxidation sites excluding steroid dienone is 3. The van der Waals surface area contributed by atoms with Crippen molar-refractivity contribution in [2.75, 3.05) is 11.4 Å². The summed E-state index contributed by atoms with van der Waals surface area (Å²) < 4.78 is 27.2. The maximum absolute atomic E-state index is 13.8. The average Bonchev–Trinajstić information content (AvgIpc) is 2.63. The molecule has 0 spiro atoms. The summed E-state index contributed by atoms with van der Waals surface area (Å²) in [6, 6.07) is 12.8. The summed E-state index contributed by atoms with van der Waals surface area (Å²) in [5.41, 5.74) is 5.47. The number of hydrogen-bond donors (Lipinski definition) is 0. The van der Waals surface area contributed by atoms with Crippen molar-refractivity contribution < 1.29 is 8.78 Å². The van der Waals surface area contributed by atoms with E-state index < -0.39 is 11.6 Å². The number of piperidine rings is 1. The third kappa shape index (κ3) is 2.96. The lowest BCUT2D eigenvalue weighted by atomic mass is 9.73. The molecule has 0 saturated carbocycles. The first-order valence-corrected chi connectivity index (χ1v) is 9.18. The van der Waals surface area contributed by atoms with E-state index in [4.69, 9.17) is 0 Å². The van der Waals surface area contributed by atoms with Crippen LogP contribution in [0, 0.1) is 18.6 Å². The minimum atomic E-state index is -0.795. The van der Waals surface area contributed by atoms with Crippen molar-refractivity contribution >= 4 is 5.69 Å². The predicted molar refractivity (Wildman–Crippen MR) is 102 cm³/mol. The molecule has 1 atom stereocenters. The molecule has 0 amide bonds. The molecule has 4 rings (SSSR count). The van der Waals surface area contributed by atoms with Gasteiger partial charge in [0, 0.05) is 23.3 Å². The minimum absolute atomic E-state index is 0.340. The Morgan fingerprint density at radius 3 is 2.65 bits per heavy atom. The van der Waals surface area contributed by atoms with Gasteiger partial charge in [0.15, 0.2) is 11.6 Å². The molecular formula is C23H23F2N. The van der Waals surface area contributed by atoms with Gasteiger partial charge in [0.1, 0.15) is 0 Å². The Bertz CT molecular complexity index is 912. The molecule has 1 fully saturated rings. The Morgan fingerprint density at radius 2 is 1.88 bits per heavy atom. The number of aryl methyl sites for hydroxylation is 1. The zero-order valence-electron chi connectivity index (χ0n) is 15.2. The van der Waals surface area contributed by atoms with Crippen molar-refractivity contribution in [1.29, 1.82) is 0 Å². The molecule has 3 heteroatoms. The quantitative estimate of drug-likeness (QED) is 0.637. The SMILES string of the molecule is Cc1cccc(N2CCCC3=CCC(C)(c4ccc(F)c(F)c4)C=C32)c1. The molecule has 1 saturated heterocycles. The van der Waals surface area contributed by atoms with Crippen LogP contribution in [0.5, 0.6) is 0 Å². The molecule has 0 bridgehead atoms. The number of anilines is 1. The van der Waals surface area contributed by atoms with Crippen LogP contribution < -0.4 is 4.90 Å². The molecule has 1 nitrogen and oxygen atoms in total. The monoisotopic (exact) mass is 351 g/mol. The molecule has 0 radical (unpaired) electrons. The van der Waals surface area contributed by atoms with Crippen LogP contribution in [0.1, 0.15) is 37.3 Å². The van der Waals surface area contributed by atoms with E-state index in [-0.39, 0.29) is 5.41 Å². The molecule has 1 aliphatic carbocycles. The van der Waals surface area contributed by atoms with E-state index in [1.54, 1.807) is 6.07 Å². The maximum atomic E-state index is 13.8. The first kappa shape index (κ1) is 17.0. The smallest absolute Gasteiger partial charge is 0.159 e. The Balaban J connectivity index is 1.77. The molecule has 1 aliphatic heterocycles. The number of nitrogens with zero attached hydrogens (tertiary/aromatic N) is 1. The topological polar surface area (TPSA) is 3.24 Å². The van der Waals surface area contributed by atoms with Gasteiger partial charge in [-0.15, -0.1) is 0 Å². The standard InChI is InChI=1S/C23H23F2N/c1-16-5-3-7-19(13-16)26-12-4-6-17-10-11-23(2,15-22(17)26)18-8-9-20(24)21(25)14-18/h3,5,7-10,13-15H,4,6,11-12H2,1-2H3. The zero-order chi connectivity index (χ0) is 18.3. The lowest BCUT2D eigenvalue weighted by molar-refractivity contribution is 0.498. The van der Waals surface area contributed by atoms with Crippen LogP contribution in [0.15, 0.2) is 65.9 Å². The predicted octanol–water partition coefficient (Wildman–Crippen LogP) is 6.05. The van der Waals surface area contributed by atoms with Crippen LogP contribution >= 0.6 is 0 Å². The summed E-state index contributed by atoms with van der Waals surface area (Å²) in [5, 5.41) is 0. The molecular weight excluding hydrogens is 328 g/mol. The van der Waals surface area contributed by atoms with Gasteiger partial charge in [0.05, 0.1) is 0 Å². The molecule has 26 heavy (non-hydrogen) atoms. The van der Waals surface area contributed by atoms with Crippen molar-refractivity contribution in [3.63, 3.8) is 0 Å². The number of hydrogen-bond acceptors (Lipinski definition) is 1. The Kier molecular flexibility index (Phi) is 4.18. The second-order valence-corrected chi connectivity index (χ2v) is 7.60. The van der Waals surface area contributed by atoms with Gasteiger partial charge >= 0.3 is 0 Å². The lowest BCUT2D eigenvalue weighted by Gasteiger charge is -2.40. The number of rotatable bonds is 2. The highest BCUT2D eigenvalue weighted by molar-refractivity contribution is 5.61. The van der Waals surface area contributed by atoms with Crippen molar-refractivity contribution in [3.05, 3.63) is 88.6 Å². The van der Waals surface area contributed by atoms with Gasteiger partial charge < -0.3 is 4.90 Å². The van der Waals surface area contributed by atoms with Crippen LogP contribution in [-0.2, 0) is 5.41 Å². The largest absolute Gasteiger partial charge is 0.341 e. The van der Waals surface area contributed by atoms with Gasteiger partial charge in [0.2, 0.25) is 0 Å². The molecule has 1 heterocycles. The van der Waals surface area contributed by atoms with E-state index in [0.29, 0.717) is 0 Å². The summed E-state index contributed by atoms with van der Waals surface area (Å²) in [4.78, 5) is 2.36. The summed E-state index contributed by atoms with van der Waals surface area (Å²) >= 11 is 0. The Labute approximate surface area is 153 Å². The van der Waals surface area contributed by atoms with E-state index in [1.165, 1.54) is 34.7 Å². The van der Waals surface area contributed by atoms with E-state index in [9.17, 15) is 8.78 Å². The van der Waals surface area contributed by atoms with Gasteiger partial charge in [-0.3, -0.25) is 0 Å². The third-order valence-corrected chi connectivity index (χ3v) is 5.57. The molecule has 0 aromatic heterocycles.